The molecular weight excluding hydrogens is 762 g/mol. The molecule has 0 bridgehead atoms. The van der Waals surface area contributed by atoms with Gasteiger partial charge >= 0.3 is 11.9 Å². The summed E-state index contributed by atoms with van der Waals surface area (Å²) < 4.78 is 10.8. The number of ether oxygens (including phenoxy) is 2. The van der Waals surface area contributed by atoms with E-state index >= 15 is 0 Å². The molecule has 0 aliphatic carbocycles. The van der Waals surface area contributed by atoms with Crippen LogP contribution in [-0.4, -0.2) is 80.8 Å². The number of carboxylic acids is 2. The van der Waals surface area contributed by atoms with E-state index in [0.717, 1.165) is 59.8 Å². The van der Waals surface area contributed by atoms with E-state index in [4.69, 9.17) is 36.4 Å². The molecule has 6 N–H and O–H groups in total. The minimum absolute atomic E-state index is 0.0251. The lowest BCUT2D eigenvalue weighted by molar-refractivity contribution is -0.132. The van der Waals surface area contributed by atoms with Gasteiger partial charge in [-0.05, 0) is 109 Å². The van der Waals surface area contributed by atoms with E-state index < -0.39 is 17.5 Å². The Kier molecular flexibility index (Phi) is 18.3. The van der Waals surface area contributed by atoms with Gasteiger partial charge in [0.1, 0.15) is 29.5 Å². The molecule has 0 fully saturated rings. The van der Waals surface area contributed by atoms with Crippen LogP contribution >= 0.6 is 11.6 Å². The smallest absolute Gasteiger partial charge is 0.328 e. The van der Waals surface area contributed by atoms with Crippen molar-refractivity contribution in [1.82, 2.24) is 4.90 Å². The molecule has 11 nitrogen and oxygen atoms in total. The van der Waals surface area contributed by atoms with E-state index in [1.807, 2.05) is 79.7 Å². The van der Waals surface area contributed by atoms with E-state index in [2.05, 4.69) is 18.7 Å². The van der Waals surface area contributed by atoms with Crippen LogP contribution in [0.15, 0.2) is 121 Å². The van der Waals surface area contributed by atoms with E-state index in [1.54, 1.807) is 12.1 Å². The number of aliphatic hydroxyl groups is 1. The van der Waals surface area contributed by atoms with Gasteiger partial charge in [-0.15, -0.1) is 0 Å². The largest absolute Gasteiger partial charge is 0.508 e. The number of aliphatic carboxylic acids is 2. The fourth-order valence-electron chi connectivity index (χ4n) is 5.56. The van der Waals surface area contributed by atoms with Crippen molar-refractivity contribution in [1.29, 1.82) is 0 Å². The summed E-state index contributed by atoms with van der Waals surface area (Å²) in [5.41, 5.74) is 3.65. The topological polar surface area (TPSA) is 177 Å². The molecule has 0 saturated carbocycles. The number of rotatable bonds is 15. The molecule has 5 aromatic carbocycles. The number of phenolic OH excluding ortho intramolecular Hbond substituents is 3. The van der Waals surface area contributed by atoms with Crippen LogP contribution in [0.3, 0.4) is 0 Å². The Morgan fingerprint density at radius 2 is 1.31 bits per heavy atom. The summed E-state index contributed by atoms with van der Waals surface area (Å²) in [5.74, 6) is -1.07. The molecule has 0 radical (unpaired) electrons. The lowest BCUT2D eigenvalue weighted by Crippen LogP contribution is -2.30. The zero-order chi connectivity index (χ0) is 42.7. The monoisotopic (exact) mass is 811 g/mol. The summed E-state index contributed by atoms with van der Waals surface area (Å²) in [5, 5.41) is 56.7. The Labute approximate surface area is 344 Å². The minimum Gasteiger partial charge on any atom is -0.508 e. The third-order valence-corrected chi connectivity index (χ3v) is 9.10. The maximum Gasteiger partial charge on any atom is 0.328 e. The fourth-order valence-corrected chi connectivity index (χ4v) is 5.68. The number of carboxylic acid groups (broad SMARTS) is 2. The van der Waals surface area contributed by atoms with Crippen molar-refractivity contribution in [2.75, 3.05) is 33.4 Å². The van der Waals surface area contributed by atoms with Crippen molar-refractivity contribution in [2.45, 2.75) is 32.8 Å². The van der Waals surface area contributed by atoms with Crippen LogP contribution in [0.1, 0.15) is 47.2 Å². The van der Waals surface area contributed by atoms with Crippen molar-refractivity contribution >= 4 is 35.7 Å². The second-order valence-electron chi connectivity index (χ2n) is 12.9. The second kappa shape index (κ2) is 23.1. The van der Waals surface area contributed by atoms with E-state index in [0.29, 0.717) is 29.4 Å². The first kappa shape index (κ1) is 46.1. The first-order valence-electron chi connectivity index (χ1n) is 18.4. The molecule has 1 unspecified atom stereocenters. The van der Waals surface area contributed by atoms with Crippen LogP contribution in [0.2, 0.25) is 5.02 Å². The molecule has 0 amide bonds. The number of carbonyl (C=O) groups is 2. The van der Waals surface area contributed by atoms with Gasteiger partial charge < -0.3 is 45.0 Å². The van der Waals surface area contributed by atoms with Gasteiger partial charge in [-0.3, -0.25) is 0 Å². The second-order valence-corrected chi connectivity index (χ2v) is 13.4. The average molecular weight is 812 g/mol. The number of hydrogen-bond donors (Lipinski definition) is 6. The minimum atomic E-state index is -1.15. The highest BCUT2D eigenvalue weighted by Crippen LogP contribution is 2.35. The number of phenols is 3. The predicted molar refractivity (Wildman–Crippen MR) is 227 cm³/mol. The van der Waals surface area contributed by atoms with Crippen LogP contribution in [0, 0.1) is 6.92 Å². The quantitative estimate of drug-likeness (QED) is 0.0441. The summed E-state index contributed by atoms with van der Waals surface area (Å²) in [4.78, 5) is 22.7. The van der Waals surface area contributed by atoms with Gasteiger partial charge in [-0.1, -0.05) is 85.6 Å². The normalized spacial score (nSPS) is 11.9. The molecule has 0 saturated heterocycles. The lowest BCUT2D eigenvalue weighted by atomic mass is 9.81. The molecule has 0 spiro atoms. The van der Waals surface area contributed by atoms with Gasteiger partial charge in [0.15, 0.2) is 11.5 Å². The molecule has 0 aliphatic rings. The van der Waals surface area contributed by atoms with Crippen molar-refractivity contribution in [3.8, 4) is 28.7 Å². The molecule has 5 aromatic rings. The number of hydrogen-bond acceptors (Lipinski definition) is 9. The molecule has 0 aliphatic heterocycles. The van der Waals surface area contributed by atoms with Crippen molar-refractivity contribution < 1.29 is 49.7 Å². The number of halogens is 1. The van der Waals surface area contributed by atoms with Crippen LogP contribution < -0.4 is 9.47 Å². The Morgan fingerprint density at radius 1 is 0.741 bits per heavy atom. The molecule has 306 valence electrons. The number of nitrogens with zero attached hydrogens (tertiary/aromatic N) is 1. The summed E-state index contributed by atoms with van der Waals surface area (Å²) in [6.45, 7) is 9.95. The van der Waals surface area contributed by atoms with Crippen molar-refractivity contribution in [3.05, 3.63) is 160 Å². The fraction of sp³-hybridized carbons (Fsp3) is 0.217. The average Bonchev–Trinajstić information content (AvgIpc) is 3.21. The Balaban J connectivity index is 0.000000274. The Hall–Kier alpha value is -6.27. The van der Waals surface area contributed by atoms with Gasteiger partial charge in [0, 0.05) is 35.7 Å². The van der Waals surface area contributed by atoms with Crippen LogP contribution in [0.5, 0.6) is 28.7 Å². The highest BCUT2D eigenvalue weighted by atomic mass is 35.5. The van der Waals surface area contributed by atoms with Gasteiger partial charge in [0.2, 0.25) is 0 Å². The molecule has 58 heavy (non-hydrogen) atoms. The van der Waals surface area contributed by atoms with Gasteiger partial charge in [0.05, 0.1) is 7.11 Å². The number of aryl methyl sites for hydroxylation is 1. The first-order valence-corrected chi connectivity index (χ1v) is 18.8. The maximum absolute atomic E-state index is 11.9. The van der Waals surface area contributed by atoms with Crippen molar-refractivity contribution in [2.24, 2.45) is 0 Å². The van der Waals surface area contributed by atoms with E-state index in [-0.39, 0.29) is 22.8 Å². The number of aromatic hydroxyl groups is 3. The van der Waals surface area contributed by atoms with E-state index in [1.165, 1.54) is 43.5 Å². The number of benzene rings is 5. The summed E-state index contributed by atoms with van der Waals surface area (Å²) in [6.07, 6.45) is 4.98. The highest BCUT2D eigenvalue weighted by molar-refractivity contribution is 6.30. The summed E-state index contributed by atoms with van der Waals surface area (Å²) in [6, 6.07) is 32.0. The lowest BCUT2D eigenvalue weighted by Gasteiger charge is -2.30. The Bertz CT molecular complexity index is 2110. The summed E-state index contributed by atoms with van der Waals surface area (Å²) >= 11 is 6.05. The third-order valence-electron chi connectivity index (χ3n) is 8.84. The van der Waals surface area contributed by atoms with Crippen LogP contribution in [0.4, 0.5) is 0 Å². The number of likely N-dealkylation sites (N-methyl/N-ethyl adjacent to an activating group) is 1. The molecule has 12 heteroatoms. The standard InChI is InChI=1S/C27H32ClNO2.C10H10O4.C9H8O4/c1-4-29(5-2)18-19-31-26-16-12-24(13-17-26)27(30,23-10-6-21(3)7-11-23)20-22-8-14-25(28)15-9-22;1-14-9-6-7(2-4-8(9)11)3-5-10(12)13;10-7-2-3-8(11)6(5-7)1-4-9(12)13/h6-17,30H,4-5,18-20H2,1-3H3;2-6,11H,1H3,(H,12,13);1-5,10-11H,(H,12,13)/b;5-3+;4-1+. The van der Waals surface area contributed by atoms with Gasteiger partial charge in [0.25, 0.3) is 0 Å². The third kappa shape index (κ3) is 15.0. The molecule has 0 aromatic heterocycles. The Morgan fingerprint density at radius 3 is 1.88 bits per heavy atom. The van der Waals surface area contributed by atoms with E-state index in [9.17, 15) is 24.9 Å². The summed E-state index contributed by atoms with van der Waals surface area (Å²) in [7, 11) is 1.43. The zero-order valence-corrected chi connectivity index (χ0v) is 33.6. The maximum atomic E-state index is 11.9. The van der Waals surface area contributed by atoms with Crippen LogP contribution in [0.25, 0.3) is 12.2 Å². The van der Waals surface area contributed by atoms with Crippen LogP contribution in [-0.2, 0) is 21.6 Å². The predicted octanol–water partition coefficient (Wildman–Crippen LogP) is 8.54. The molecule has 1 atom stereocenters. The number of methoxy groups -OCH3 is 1. The van der Waals surface area contributed by atoms with Gasteiger partial charge in [-0.2, -0.15) is 0 Å². The van der Waals surface area contributed by atoms with Gasteiger partial charge in [-0.25, -0.2) is 9.59 Å². The molecule has 0 heterocycles. The van der Waals surface area contributed by atoms with Crippen molar-refractivity contribution in [3.63, 3.8) is 0 Å². The molecular formula is C46H50ClNO10. The zero-order valence-electron chi connectivity index (χ0n) is 32.9. The first-order chi connectivity index (χ1) is 27.7. The SMILES string of the molecule is CCN(CC)CCOc1ccc(C(O)(Cc2ccc(Cl)cc2)c2ccc(C)cc2)cc1.COc1cc(/C=C/C(=O)O)ccc1O.O=C(O)/C=C/c1cc(O)ccc1O. The molecule has 5 rings (SSSR count). The highest BCUT2D eigenvalue weighted by Gasteiger charge is 2.32.